The van der Waals surface area contributed by atoms with Crippen LogP contribution in [0, 0.1) is 6.92 Å². The molecule has 0 saturated carbocycles. The monoisotopic (exact) mass is 382 g/mol. The summed E-state index contributed by atoms with van der Waals surface area (Å²) in [4.78, 5) is 28.5. The first-order valence-electron chi connectivity index (χ1n) is 9.11. The number of carbonyl (C=O) groups excluding carboxylic acids is 2. The largest absolute Gasteiger partial charge is 0.342 e. The van der Waals surface area contributed by atoms with Crippen molar-refractivity contribution < 1.29 is 9.59 Å². The van der Waals surface area contributed by atoms with Gasteiger partial charge in [-0.05, 0) is 36.8 Å². The second-order valence-electron chi connectivity index (χ2n) is 6.51. The lowest BCUT2D eigenvalue weighted by atomic mass is 10.2. The van der Waals surface area contributed by atoms with Crippen molar-refractivity contribution in [1.29, 1.82) is 0 Å². The van der Waals surface area contributed by atoms with Crippen molar-refractivity contribution in [1.82, 2.24) is 0 Å². The van der Waals surface area contributed by atoms with Crippen molar-refractivity contribution in [2.45, 2.75) is 6.92 Å². The van der Waals surface area contributed by atoms with Gasteiger partial charge in [-0.2, -0.15) is 5.10 Å². The Morgan fingerprint density at radius 1 is 0.724 bits per heavy atom. The van der Waals surface area contributed by atoms with Gasteiger partial charge in [-0.25, -0.2) is 14.6 Å². The fraction of sp³-hybridized carbons (Fsp3) is 0.0435. The molecule has 3 aromatic rings. The summed E-state index contributed by atoms with van der Waals surface area (Å²) in [6, 6.07) is 25.0. The van der Waals surface area contributed by atoms with Gasteiger partial charge in [0, 0.05) is 0 Å². The first-order valence-corrected chi connectivity index (χ1v) is 9.11. The number of benzene rings is 3. The number of anilines is 2. The second kappa shape index (κ2) is 7.90. The van der Waals surface area contributed by atoms with Crippen molar-refractivity contribution in [3.63, 3.8) is 0 Å². The van der Waals surface area contributed by atoms with Crippen LogP contribution in [0.15, 0.2) is 95.1 Å². The molecule has 0 N–H and O–H groups in total. The average Bonchev–Trinajstić information content (AvgIpc) is 3.00. The molecular formula is C23H18N4O2. The molecule has 0 bridgehead atoms. The molecule has 0 unspecified atom stereocenters. The summed E-state index contributed by atoms with van der Waals surface area (Å²) in [5.41, 5.74) is 3.02. The van der Waals surface area contributed by atoms with Gasteiger partial charge < -0.3 is 0 Å². The minimum Gasteiger partial charge on any atom is -0.264 e. The zero-order chi connectivity index (χ0) is 20.2. The number of para-hydroxylation sites is 2. The molecule has 0 radical (unpaired) electrons. The summed E-state index contributed by atoms with van der Waals surface area (Å²) in [5, 5.41) is 8.17. The predicted molar refractivity (Wildman–Crippen MR) is 114 cm³/mol. The molecule has 29 heavy (non-hydrogen) atoms. The summed E-state index contributed by atoms with van der Waals surface area (Å²) in [7, 11) is 0. The zero-order valence-electron chi connectivity index (χ0n) is 15.8. The van der Waals surface area contributed by atoms with Gasteiger partial charge in [-0.1, -0.05) is 66.2 Å². The smallest absolute Gasteiger partial charge is 0.264 e. The van der Waals surface area contributed by atoms with Gasteiger partial charge in [0.15, 0.2) is 0 Å². The molecule has 4 rings (SSSR count). The number of imide groups is 1. The fourth-order valence-electron chi connectivity index (χ4n) is 2.98. The SMILES string of the molecule is Cc1ccc(/C=N/N=C2\C(=O)N(c3ccccc3)C(=O)N2c2ccccc2)cc1. The van der Waals surface area contributed by atoms with Gasteiger partial charge in [-0.15, -0.1) is 5.10 Å². The molecule has 1 aliphatic heterocycles. The van der Waals surface area contributed by atoms with E-state index in [4.69, 9.17) is 0 Å². The number of aryl methyl sites for hydroxylation is 1. The number of rotatable bonds is 4. The highest BCUT2D eigenvalue weighted by Gasteiger charge is 2.44. The van der Waals surface area contributed by atoms with Gasteiger partial charge in [-0.3, -0.25) is 4.79 Å². The molecule has 1 aliphatic rings. The third-order valence-corrected chi connectivity index (χ3v) is 4.45. The van der Waals surface area contributed by atoms with Crippen LogP contribution >= 0.6 is 0 Å². The quantitative estimate of drug-likeness (QED) is 0.381. The number of hydrogen-bond acceptors (Lipinski definition) is 4. The van der Waals surface area contributed by atoms with E-state index in [-0.39, 0.29) is 5.84 Å². The Hall–Kier alpha value is -4.06. The molecule has 1 fully saturated rings. The summed E-state index contributed by atoms with van der Waals surface area (Å²) in [5.74, 6) is -0.570. The number of amidine groups is 1. The van der Waals surface area contributed by atoms with Crippen LogP contribution in [-0.2, 0) is 4.79 Å². The maximum absolute atomic E-state index is 13.1. The van der Waals surface area contributed by atoms with Crippen LogP contribution in [0.4, 0.5) is 16.2 Å². The normalized spacial score (nSPS) is 15.7. The number of urea groups is 1. The summed E-state index contributed by atoms with van der Waals surface area (Å²) < 4.78 is 0. The van der Waals surface area contributed by atoms with E-state index in [1.165, 1.54) is 4.90 Å². The Balaban J connectivity index is 1.73. The maximum Gasteiger partial charge on any atom is 0.342 e. The molecule has 1 heterocycles. The van der Waals surface area contributed by atoms with Crippen molar-refractivity contribution in [2.24, 2.45) is 10.2 Å². The molecule has 0 aliphatic carbocycles. The van der Waals surface area contributed by atoms with Gasteiger partial charge in [0.1, 0.15) is 0 Å². The van der Waals surface area contributed by atoms with Crippen LogP contribution in [0.25, 0.3) is 0 Å². The molecule has 0 atom stereocenters. The van der Waals surface area contributed by atoms with E-state index in [1.807, 2.05) is 43.3 Å². The lowest BCUT2D eigenvalue weighted by molar-refractivity contribution is -0.111. The first kappa shape index (κ1) is 18.3. The van der Waals surface area contributed by atoms with Crippen molar-refractivity contribution in [2.75, 3.05) is 9.80 Å². The lowest BCUT2D eigenvalue weighted by Crippen LogP contribution is -2.33. The van der Waals surface area contributed by atoms with E-state index < -0.39 is 11.9 Å². The van der Waals surface area contributed by atoms with Crippen LogP contribution < -0.4 is 9.80 Å². The third kappa shape index (κ3) is 3.68. The minimum atomic E-state index is -0.522. The van der Waals surface area contributed by atoms with Crippen LogP contribution in [0.1, 0.15) is 11.1 Å². The molecule has 142 valence electrons. The van der Waals surface area contributed by atoms with Crippen molar-refractivity contribution in [3.8, 4) is 0 Å². The first-order chi connectivity index (χ1) is 14.1. The molecule has 0 spiro atoms. The Morgan fingerprint density at radius 3 is 1.86 bits per heavy atom. The van der Waals surface area contributed by atoms with Crippen LogP contribution in [0.2, 0.25) is 0 Å². The predicted octanol–water partition coefficient (Wildman–Crippen LogP) is 4.40. The standard InChI is InChI=1S/C23H18N4O2/c1-17-12-14-18(15-13-17)16-24-25-21-22(28)27(20-10-6-3-7-11-20)23(29)26(21)19-8-4-2-5-9-19/h2-16H,1H3/b24-16+,25-21+. The number of hydrogen-bond donors (Lipinski definition) is 0. The van der Waals surface area contributed by atoms with Crippen molar-refractivity contribution in [3.05, 3.63) is 96.1 Å². The van der Waals surface area contributed by atoms with Crippen LogP contribution in [-0.4, -0.2) is 24.0 Å². The highest BCUT2D eigenvalue weighted by atomic mass is 16.2. The van der Waals surface area contributed by atoms with Gasteiger partial charge >= 0.3 is 11.9 Å². The van der Waals surface area contributed by atoms with Gasteiger partial charge in [0.2, 0.25) is 5.84 Å². The topological polar surface area (TPSA) is 65.3 Å². The fourth-order valence-corrected chi connectivity index (χ4v) is 2.98. The Kier molecular flexibility index (Phi) is 4.99. The summed E-state index contributed by atoms with van der Waals surface area (Å²) in [6.45, 7) is 2.00. The summed E-state index contributed by atoms with van der Waals surface area (Å²) in [6.07, 6.45) is 1.55. The van der Waals surface area contributed by atoms with E-state index >= 15 is 0 Å². The van der Waals surface area contributed by atoms with E-state index in [0.717, 1.165) is 16.0 Å². The van der Waals surface area contributed by atoms with E-state index in [9.17, 15) is 9.59 Å². The summed E-state index contributed by atoms with van der Waals surface area (Å²) >= 11 is 0. The molecule has 6 nitrogen and oxygen atoms in total. The van der Waals surface area contributed by atoms with Gasteiger partial charge in [0.25, 0.3) is 0 Å². The molecule has 1 saturated heterocycles. The Bertz CT molecular complexity index is 1090. The Labute approximate surface area is 168 Å². The second-order valence-corrected chi connectivity index (χ2v) is 6.51. The third-order valence-electron chi connectivity index (χ3n) is 4.45. The van der Waals surface area contributed by atoms with Crippen LogP contribution in [0.3, 0.4) is 0 Å². The molecule has 0 aromatic heterocycles. The van der Waals surface area contributed by atoms with E-state index in [1.54, 1.807) is 54.7 Å². The van der Waals surface area contributed by atoms with E-state index in [2.05, 4.69) is 10.2 Å². The highest BCUT2D eigenvalue weighted by molar-refractivity contribution is 6.61. The molecular weight excluding hydrogens is 364 g/mol. The lowest BCUT2D eigenvalue weighted by Gasteiger charge is -2.16. The van der Waals surface area contributed by atoms with Crippen LogP contribution in [0.5, 0.6) is 0 Å². The zero-order valence-corrected chi connectivity index (χ0v) is 15.8. The number of amides is 3. The Morgan fingerprint density at radius 2 is 1.28 bits per heavy atom. The average molecular weight is 382 g/mol. The van der Waals surface area contributed by atoms with Gasteiger partial charge in [0.05, 0.1) is 17.6 Å². The van der Waals surface area contributed by atoms with E-state index in [0.29, 0.717) is 11.4 Å². The number of nitrogens with zero attached hydrogens (tertiary/aromatic N) is 4. The molecule has 3 amide bonds. The highest BCUT2D eigenvalue weighted by Crippen LogP contribution is 2.27. The van der Waals surface area contributed by atoms with Crippen molar-refractivity contribution >= 4 is 35.4 Å². The molecule has 3 aromatic carbocycles. The molecule has 6 heteroatoms. The maximum atomic E-state index is 13.1. The number of carbonyl (C=O) groups is 2. The minimum absolute atomic E-state index is 0.0478.